The number of nitrogens with one attached hydrogen (secondary N) is 2. The minimum absolute atomic E-state index is 0.00724. The van der Waals surface area contributed by atoms with Gasteiger partial charge >= 0.3 is 12.1 Å². The monoisotopic (exact) mass is 478 g/mol. The van der Waals surface area contributed by atoms with Gasteiger partial charge in [-0.1, -0.05) is 75.2 Å². The summed E-state index contributed by atoms with van der Waals surface area (Å²) in [6.07, 6.45) is 2.50. The first-order valence-electron chi connectivity index (χ1n) is 12.5. The summed E-state index contributed by atoms with van der Waals surface area (Å²) in [5.41, 5.74) is 4.63. The number of carbonyl (C=O) groups is 3. The zero-order chi connectivity index (χ0) is 24.9. The number of amides is 2. The number of benzene rings is 2. The van der Waals surface area contributed by atoms with Crippen LogP contribution in [0.3, 0.4) is 0 Å². The Bertz CT molecular complexity index is 1040. The second-order valence-corrected chi connectivity index (χ2v) is 9.92. The van der Waals surface area contributed by atoms with Crippen molar-refractivity contribution in [1.82, 2.24) is 10.6 Å². The highest BCUT2D eigenvalue weighted by Gasteiger charge is 2.35. The minimum atomic E-state index is -0.944. The van der Waals surface area contributed by atoms with Crippen LogP contribution in [0.4, 0.5) is 4.79 Å². The van der Waals surface area contributed by atoms with Crippen molar-refractivity contribution in [3.05, 3.63) is 59.7 Å². The van der Waals surface area contributed by atoms with Gasteiger partial charge in [-0.3, -0.25) is 9.59 Å². The van der Waals surface area contributed by atoms with Gasteiger partial charge in [0.25, 0.3) is 0 Å². The van der Waals surface area contributed by atoms with Gasteiger partial charge in [0.15, 0.2) is 0 Å². The molecule has 1 unspecified atom stereocenters. The van der Waals surface area contributed by atoms with Crippen molar-refractivity contribution in [3.8, 4) is 11.1 Å². The summed E-state index contributed by atoms with van der Waals surface area (Å²) in [5.74, 6) is -1.58. The molecule has 3 atom stereocenters. The molecule has 2 aliphatic carbocycles. The molecular formula is C28H34N2O5. The zero-order valence-electron chi connectivity index (χ0n) is 20.3. The molecule has 0 aliphatic heterocycles. The number of hydrogen-bond donors (Lipinski definition) is 3. The van der Waals surface area contributed by atoms with Crippen molar-refractivity contribution in [1.29, 1.82) is 0 Å². The Labute approximate surface area is 206 Å². The van der Waals surface area contributed by atoms with Crippen LogP contribution >= 0.6 is 0 Å². The fourth-order valence-electron chi connectivity index (χ4n) is 5.34. The smallest absolute Gasteiger partial charge is 0.407 e. The molecule has 3 N–H and O–H groups in total. The van der Waals surface area contributed by atoms with Gasteiger partial charge in [0.2, 0.25) is 5.91 Å². The normalized spacial score (nSPS) is 20.0. The molecule has 0 aromatic heterocycles. The molecule has 7 heteroatoms. The van der Waals surface area contributed by atoms with E-state index in [0.717, 1.165) is 24.0 Å². The summed E-state index contributed by atoms with van der Waals surface area (Å²) in [5, 5.41) is 15.0. The summed E-state index contributed by atoms with van der Waals surface area (Å²) in [4.78, 5) is 37.0. The molecule has 2 aromatic carbocycles. The number of aliphatic carboxylic acids is 1. The van der Waals surface area contributed by atoms with Crippen molar-refractivity contribution in [2.24, 2.45) is 11.8 Å². The van der Waals surface area contributed by atoms with Crippen LogP contribution in [0.15, 0.2) is 48.5 Å². The molecule has 2 amide bonds. The number of alkyl carbamates (subject to hydrolysis) is 1. The fourth-order valence-corrected chi connectivity index (χ4v) is 5.34. The van der Waals surface area contributed by atoms with E-state index in [-0.39, 0.29) is 36.8 Å². The van der Waals surface area contributed by atoms with Gasteiger partial charge in [-0.25, -0.2) is 4.79 Å². The van der Waals surface area contributed by atoms with Crippen LogP contribution < -0.4 is 10.6 Å². The zero-order valence-corrected chi connectivity index (χ0v) is 20.3. The highest BCUT2D eigenvalue weighted by molar-refractivity contribution is 5.82. The molecule has 7 nitrogen and oxygen atoms in total. The van der Waals surface area contributed by atoms with E-state index in [1.165, 1.54) is 11.1 Å². The van der Waals surface area contributed by atoms with Crippen molar-refractivity contribution >= 4 is 18.0 Å². The van der Waals surface area contributed by atoms with Gasteiger partial charge in [0, 0.05) is 18.0 Å². The predicted octanol–water partition coefficient (Wildman–Crippen LogP) is 4.70. The molecule has 0 spiro atoms. The van der Waals surface area contributed by atoms with Gasteiger partial charge in [-0.2, -0.15) is 0 Å². The van der Waals surface area contributed by atoms with Crippen LogP contribution in [-0.4, -0.2) is 41.8 Å². The third-order valence-corrected chi connectivity index (χ3v) is 7.28. The van der Waals surface area contributed by atoms with E-state index in [1.54, 1.807) is 0 Å². The maximum Gasteiger partial charge on any atom is 0.407 e. The third-order valence-electron chi connectivity index (χ3n) is 7.28. The average molecular weight is 479 g/mol. The molecule has 4 rings (SSSR count). The quantitative estimate of drug-likeness (QED) is 0.510. The van der Waals surface area contributed by atoms with Crippen molar-refractivity contribution < 1.29 is 24.2 Å². The molecule has 0 saturated heterocycles. The number of hydrogen-bond acceptors (Lipinski definition) is 4. The number of carboxylic acids is 1. The molecule has 35 heavy (non-hydrogen) atoms. The first-order valence-corrected chi connectivity index (χ1v) is 12.5. The van der Waals surface area contributed by atoms with E-state index in [9.17, 15) is 19.5 Å². The molecule has 0 heterocycles. The van der Waals surface area contributed by atoms with E-state index in [0.29, 0.717) is 12.8 Å². The summed E-state index contributed by atoms with van der Waals surface area (Å²) in [6, 6.07) is 15.6. The summed E-state index contributed by atoms with van der Waals surface area (Å²) >= 11 is 0. The van der Waals surface area contributed by atoms with E-state index in [1.807, 2.05) is 38.1 Å². The lowest BCUT2D eigenvalue weighted by atomic mass is 9.83. The fraction of sp³-hybridized carbons (Fsp3) is 0.464. The third kappa shape index (κ3) is 5.66. The average Bonchev–Trinajstić information content (AvgIpc) is 3.16. The Balaban J connectivity index is 1.38. The number of ether oxygens (including phenoxy) is 1. The summed E-state index contributed by atoms with van der Waals surface area (Å²) in [7, 11) is 0. The van der Waals surface area contributed by atoms with Crippen LogP contribution in [0.25, 0.3) is 11.1 Å². The van der Waals surface area contributed by atoms with Crippen molar-refractivity contribution in [3.63, 3.8) is 0 Å². The minimum Gasteiger partial charge on any atom is -0.481 e. The Hall–Kier alpha value is -3.35. The van der Waals surface area contributed by atoms with Gasteiger partial charge < -0.3 is 20.5 Å². The highest BCUT2D eigenvalue weighted by atomic mass is 16.5. The highest BCUT2D eigenvalue weighted by Crippen LogP contribution is 2.44. The lowest BCUT2D eigenvalue weighted by molar-refractivity contribution is -0.138. The lowest BCUT2D eigenvalue weighted by Crippen LogP contribution is -2.51. The molecule has 1 fully saturated rings. The van der Waals surface area contributed by atoms with Gasteiger partial charge in [0.1, 0.15) is 6.61 Å². The second-order valence-electron chi connectivity index (χ2n) is 9.92. The SMILES string of the molecule is CC(C)C(CC(=O)O)NC(=O)[C@H]1CCCC[C@H]1NC(=O)OCC1c2ccccc2-c2ccccc21. The first-order chi connectivity index (χ1) is 16.8. The Kier molecular flexibility index (Phi) is 7.73. The molecule has 2 aliphatic rings. The Morgan fingerprint density at radius 2 is 1.57 bits per heavy atom. The Morgan fingerprint density at radius 3 is 2.17 bits per heavy atom. The number of rotatable bonds is 8. The largest absolute Gasteiger partial charge is 0.481 e. The maximum absolute atomic E-state index is 13.0. The maximum atomic E-state index is 13.0. The van der Waals surface area contributed by atoms with Gasteiger partial charge in [-0.05, 0) is 41.0 Å². The summed E-state index contributed by atoms with van der Waals surface area (Å²) in [6.45, 7) is 4.00. The topological polar surface area (TPSA) is 105 Å². The van der Waals surface area contributed by atoms with Gasteiger partial charge in [0.05, 0.1) is 12.3 Å². The van der Waals surface area contributed by atoms with Crippen LogP contribution in [0, 0.1) is 11.8 Å². The van der Waals surface area contributed by atoms with E-state index < -0.39 is 24.0 Å². The molecule has 0 radical (unpaired) electrons. The number of fused-ring (bicyclic) bond motifs is 3. The van der Waals surface area contributed by atoms with Crippen LogP contribution in [0.2, 0.25) is 0 Å². The molecule has 1 saturated carbocycles. The van der Waals surface area contributed by atoms with Gasteiger partial charge in [-0.15, -0.1) is 0 Å². The van der Waals surface area contributed by atoms with Crippen LogP contribution in [0.5, 0.6) is 0 Å². The van der Waals surface area contributed by atoms with Crippen molar-refractivity contribution in [2.45, 2.75) is 64.0 Å². The van der Waals surface area contributed by atoms with E-state index in [4.69, 9.17) is 4.74 Å². The molecule has 0 bridgehead atoms. The second kappa shape index (κ2) is 10.9. The predicted molar refractivity (Wildman–Crippen MR) is 133 cm³/mol. The van der Waals surface area contributed by atoms with Crippen LogP contribution in [-0.2, 0) is 14.3 Å². The van der Waals surface area contributed by atoms with Crippen LogP contribution in [0.1, 0.15) is 63.0 Å². The standard InChI is InChI=1S/C28H34N2O5/c1-17(2)25(15-26(31)32)29-27(33)22-13-7-8-14-24(22)30-28(34)35-16-23-20-11-5-3-9-18(20)19-10-4-6-12-21(19)23/h3-6,9-12,17,22-25H,7-8,13-16H2,1-2H3,(H,29,33)(H,30,34)(H,31,32)/t22-,24+,25?/m0/s1. The summed E-state index contributed by atoms with van der Waals surface area (Å²) < 4.78 is 5.68. The molecule has 186 valence electrons. The first kappa shape index (κ1) is 24.8. The lowest BCUT2D eigenvalue weighted by Gasteiger charge is -2.33. The Morgan fingerprint density at radius 1 is 0.971 bits per heavy atom. The number of carbonyl (C=O) groups excluding carboxylic acids is 2. The van der Waals surface area contributed by atoms with E-state index in [2.05, 4.69) is 34.9 Å². The molecular weight excluding hydrogens is 444 g/mol. The van der Waals surface area contributed by atoms with Crippen molar-refractivity contribution in [2.75, 3.05) is 6.61 Å². The van der Waals surface area contributed by atoms with E-state index >= 15 is 0 Å². The molecule has 2 aromatic rings. The number of carboxylic acid groups (broad SMARTS) is 1.